The lowest BCUT2D eigenvalue weighted by molar-refractivity contribution is 0.163. The van der Waals surface area contributed by atoms with E-state index < -0.39 is 5.82 Å². The second-order valence-corrected chi connectivity index (χ2v) is 5.11. The molecule has 1 saturated heterocycles. The van der Waals surface area contributed by atoms with Crippen molar-refractivity contribution in [2.45, 2.75) is 6.54 Å². The zero-order valence-electron chi connectivity index (χ0n) is 10.5. The molecule has 104 valence electrons. The first-order chi connectivity index (χ1) is 9.25. The molecule has 2 aliphatic heterocycles. The van der Waals surface area contributed by atoms with Crippen molar-refractivity contribution in [1.82, 2.24) is 10.2 Å². The molecule has 4 nitrogen and oxygen atoms in total. The van der Waals surface area contributed by atoms with Crippen molar-refractivity contribution in [3.8, 4) is 11.5 Å². The Morgan fingerprint density at radius 1 is 1.26 bits per heavy atom. The number of rotatable bonds is 2. The summed E-state index contributed by atoms with van der Waals surface area (Å²) in [6.45, 7) is 5.04. The van der Waals surface area contributed by atoms with Crippen LogP contribution in [0.5, 0.6) is 11.5 Å². The van der Waals surface area contributed by atoms with Gasteiger partial charge in [-0.15, -0.1) is 0 Å². The van der Waals surface area contributed by atoms with E-state index in [-0.39, 0.29) is 5.02 Å². The maximum absolute atomic E-state index is 14.2. The molecule has 0 amide bonds. The largest absolute Gasteiger partial charge is 0.486 e. The lowest BCUT2D eigenvalue weighted by atomic mass is 10.1. The Morgan fingerprint density at radius 3 is 2.79 bits per heavy atom. The number of nitrogens with zero attached hydrogens (tertiary/aromatic N) is 1. The predicted molar refractivity (Wildman–Crippen MR) is 70.5 cm³/mol. The number of benzene rings is 1. The van der Waals surface area contributed by atoms with Gasteiger partial charge in [0.15, 0.2) is 11.5 Å². The van der Waals surface area contributed by atoms with Gasteiger partial charge in [0.25, 0.3) is 0 Å². The van der Waals surface area contributed by atoms with Crippen LogP contribution < -0.4 is 14.8 Å². The maximum atomic E-state index is 14.2. The molecule has 0 spiro atoms. The number of hydrogen-bond acceptors (Lipinski definition) is 4. The molecule has 0 saturated carbocycles. The summed E-state index contributed by atoms with van der Waals surface area (Å²) in [5.74, 6) is 0.652. The topological polar surface area (TPSA) is 33.7 Å². The van der Waals surface area contributed by atoms with Gasteiger partial charge in [0.05, 0.1) is 5.02 Å². The van der Waals surface area contributed by atoms with Gasteiger partial charge < -0.3 is 14.8 Å². The predicted octanol–water partition coefficient (Wildman–Crippen LogP) is 1.66. The first-order valence-electron chi connectivity index (χ1n) is 6.45. The van der Waals surface area contributed by atoms with Crippen LogP contribution in [0.15, 0.2) is 6.07 Å². The molecule has 1 N–H and O–H groups in total. The molecular formula is C13H16ClFN2O2. The van der Waals surface area contributed by atoms with E-state index in [1.807, 2.05) is 0 Å². The van der Waals surface area contributed by atoms with Crippen LogP contribution in [-0.4, -0.2) is 44.3 Å². The van der Waals surface area contributed by atoms with Gasteiger partial charge in [0.1, 0.15) is 19.0 Å². The van der Waals surface area contributed by atoms with Gasteiger partial charge in [-0.25, -0.2) is 4.39 Å². The maximum Gasteiger partial charge on any atom is 0.168 e. The van der Waals surface area contributed by atoms with Crippen LogP contribution >= 0.6 is 11.6 Å². The van der Waals surface area contributed by atoms with Crippen molar-refractivity contribution in [3.63, 3.8) is 0 Å². The number of halogens is 2. The summed E-state index contributed by atoms with van der Waals surface area (Å²) >= 11 is 5.93. The molecule has 1 fully saturated rings. The third-order valence-corrected chi connectivity index (χ3v) is 3.68. The summed E-state index contributed by atoms with van der Waals surface area (Å²) in [6, 6.07) is 1.49. The van der Waals surface area contributed by atoms with Crippen LogP contribution in [0.4, 0.5) is 4.39 Å². The summed E-state index contributed by atoms with van der Waals surface area (Å²) < 4.78 is 25.3. The molecule has 0 radical (unpaired) electrons. The first kappa shape index (κ1) is 13.0. The van der Waals surface area contributed by atoms with Gasteiger partial charge in [0, 0.05) is 44.4 Å². The highest BCUT2D eigenvalue weighted by atomic mass is 35.5. The fourth-order valence-corrected chi connectivity index (χ4v) is 2.64. The van der Waals surface area contributed by atoms with Gasteiger partial charge in [-0.05, 0) is 0 Å². The summed E-state index contributed by atoms with van der Waals surface area (Å²) in [5, 5.41) is 3.36. The summed E-state index contributed by atoms with van der Waals surface area (Å²) in [7, 11) is 0. The van der Waals surface area contributed by atoms with Crippen LogP contribution in [-0.2, 0) is 6.54 Å². The molecule has 2 heterocycles. The minimum absolute atomic E-state index is 0.0920. The number of ether oxygens (including phenoxy) is 2. The van der Waals surface area contributed by atoms with Gasteiger partial charge >= 0.3 is 0 Å². The number of nitrogens with one attached hydrogen (secondary N) is 1. The molecule has 3 rings (SSSR count). The highest BCUT2D eigenvalue weighted by molar-refractivity contribution is 6.31. The van der Waals surface area contributed by atoms with Gasteiger partial charge in [0.2, 0.25) is 0 Å². The molecule has 0 atom stereocenters. The molecule has 1 aromatic rings. The van der Waals surface area contributed by atoms with E-state index in [9.17, 15) is 4.39 Å². The Labute approximate surface area is 116 Å². The molecule has 6 heteroatoms. The van der Waals surface area contributed by atoms with E-state index in [2.05, 4.69) is 10.2 Å². The molecule has 19 heavy (non-hydrogen) atoms. The van der Waals surface area contributed by atoms with Crippen molar-refractivity contribution in [2.24, 2.45) is 0 Å². The highest BCUT2D eigenvalue weighted by Gasteiger charge is 2.24. The molecule has 0 aliphatic carbocycles. The first-order valence-corrected chi connectivity index (χ1v) is 6.83. The number of fused-ring (bicyclic) bond motifs is 1. The Hall–Kier alpha value is -1.04. The van der Waals surface area contributed by atoms with Crippen LogP contribution in [0.3, 0.4) is 0 Å². The Balaban J connectivity index is 1.91. The number of hydrogen-bond donors (Lipinski definition) is 1. The Bertz CT molecular complexity index is 478. The molecule has 0 unspecified atom stereocenters. The quantitative estimate of drug-likeness (QED) is 0.896. The van der Waals surface area contributed by atoms with Gasteiger partial charge in [-0.2, -0.15) is 0 Å². The van der Waals surface area contributed by atoms with Crippen LogP contribution in [0.25, 0.3) is 0 Å². The molecule has 1 aromatic carbocycles. The average molecular weight is 287 g/mol. The van der Waals surface area contributed by atoms with E-state index in [0.29, 0.717) is 36.8 Å². The standard InChI is InChI=1S/C13H16ClFN2O2/c14-10-7-11-13(19-6-5-18-11)9(12(10)15)8-17-3-1-16-2-4-17/h7,16H,1-6,8H2. The molecule has 2 aliphatic rings. The van der Waals surface area contributed by atoms with Crippen molar-refractivity contribution in [2.75, 3.05) is 39.4 Å². The van der Waals surface area contributed by atoms with E-state index in [0.717, 1.165) is 26.2 Å². The summed E-state index contributed by atoms with van der Waals surface area (Å²) in [4.78, 5) is 2.18. The Morgan fingerprint density at radius 2 is 2.00 bits per heavy atom. The minimum Gasteiger partial charge on any atom is -0.486 e. The Kier molecular flexibility index (Phi) is 3.77. The lowest BCUT2D eigenvalue weighted by Crippen LogP contribution is -2.43. The zero-order chi connectivity index (χ0) is 13.2. The smallest absolute Gasteiger partial charge is 0.168 e. The van der Waals surface area contributed by atoms with Gasteiger partial charge in [-0.1, -0.05) is 11.6 Å². The van der Waals surface area contributed by atoms with E-state index in [4.69, 9.17) is 21.1 Å². The average Bonchev–Trinajstić information content (AvgIpc) is 2.45. The zero-order valence-corrected chi connectivity index (χ0v) is 11.3. The number of piperazine rings is 1. The van der Waals surface area contributed by atoms with E-state index in [1.54, 1.807) is 0 Å². The summed E-state index contributed by atoms with van der Waals surface area (Å²) in [6.07, 6.45) is 0. The van der Waals surface area contributed by atoms with Crippen molar-refractivity contribution in [3.05, 3.63) is 22.5 Å². The third-order valence-electron chi connectivity index (χ3n) is 3.41. The van der Waals surface area contributed by atoms with Crippen molar-refractivity contribution >= 4 is 11.6 Å². The van der Waals surface area contributed by atoms with Crippen LogP contribution in [0.2, 0.25) is 5.02 Å². The fraction of sp³-hybridized carbons (Fsp3) is 0.538. The molecule has 0 aromatic heterocycles. The van der Waals surface area contributed by atoms with E-state index >= 15 is 0 Å². The van der Waals surface area contributed by atoms with Crippen molar-refractivity contribution < 1.29 is 13.9 Å². The SMILES string of the molecule is Fc1c(Cl)cc2c(c1CN1CCNCC1)OCCO2. The second kappa shape index (κ2) is 5.53. The van der Waals surface area contributed by atoms with Crippen LogP contribution in [0.1, 0.15) is 5.56 Å². The van der Waals surface area contributed by atoms with Gasteiger partial charge in [-0.3, -0.25) is 4.90 Å². The minimum atomic E-state index is -0.399. The van der Waals surface area contributed by atoms with Crippen LogP contribution in [0, 0.1) is 5.82 Å². The third kappa shape index (κ3) is 2.63. The van der Waals surface area contributed by atoms with E-state index in [1.165, 1.54) is 6.07 Å². The second-order valence-electron chi connectivity index (χ2n) is 4.70. The fourth-order valence-electron chi connectivity index (χ4n) is 2.43. The summed E-state index contributed by atoms with van der Waals surface area (Å²) in [5.41, 5.74) is 0.504. The van der Waals surface area contributed by atoms with Crippen molar-refractivity contribution in [1.29, 1.82) is 0 Å². The highest BCUT2D eigenvalue weighted by Crippen LogP contribution is 2.39. The molecule has 0 bridgehead atoms. The lowest BCUT2D eigenvalue weighted by Gasteiger charge is -2.29. The molecular weight excluding hydrogens is 271 g/mol. The normalized spacial score (nSPS) is 19.5. The monoisotopic (exact) mass is 286 g/mol.